The van der Waals surface area contributed by atoms with E-state index >= 15 is 0 Å². The lowest BCUT2D eigenvalue weighted by atomic mass is 10.1. The first-order valence-corrected chi connectivity index (χ1v) is 6.41. The average Bonchev–Trinajstić information content (AvgIpc) is 2.45. The number of hydrogen-bond donors (Lipinski definition) is 2. The number of anilines is 1. The number of benzene rings is 2. The number of carbonyl (C=O) groups is 1. The number of aryl methyl sites for hydroxylation is 1. The molecule has 2 aromatic rings. The summed E-state index contributed by atoms with van der Waals surface area (Å²) in [5, 5.41) is 11.9. The molecule has 2 rings (SSSR count). The summed E-state index contributed by atoms with van der Waals surface area (Å²) in [4.78, 5) is 10.8. The predicted octanol–water partition coefficient (Wildman–Crippen LogP) is 3.45. The molecule has 21 heavy (non-hydrogen) atoms. The molecule has 0 unspecified atom stereocenters. The lowest BCUT2D eigenvalue weighted by Gasteiger charge is -2.12. The Morgan fingerprint density at radius 1 is 1.29 bits per heavy atom. The van der Waals surface area contributed by atoms with E-state index in [9.17, 15) is 9.18 Å². The molecule has 0 atom stereocenters. The fourth-order valence-corrected chi connectivity index (χ4v) is 2.00. The molecule has 0 aliphatic heterocycles. The van der Waals surface area contributed by atoms with Crippen LogP contribution in [0.1, 0.15) is 21.5 Å². The molecule has 0 spiro atoms. The Morgan fingerprint density at radius 3 is 2.67 bits per heavy atom. The highest BCUT2D eigenvalue weighted by Crippen LogP contribution is 2.25. The maximum absolute atomic E-state index is 13.6. The minimum absolute atomic E-state index is 0.327. The first kappa shape index (κ1) is 14.8. The van der Waals surface area contributed by atoms with E-state index in [1.807, 2.05) is 25.1 Å². The summed E-state index contributed by atoms with van der Waals surface area (Å²) >= 11 is 0. The molecule has 0 saturated heterocycles. The molecule has 0 heterocycles. The number of carboxylic acid groups (broad SMARTS) is 1. The van der Waals surface area contributed by atoms with E-state index in [2.05, 4.69) is 5.32 Å². The van der Waals surface area contributed by atoms with Gasteiger partial charge >= 0.3 is 5.97 Å². The van der Waals surface area contributed by atoms with Gasteiger partial charge in [-0.3, -0.25) is 0 Å². The molecule has 2 N–H and O–H groups in total. The van der Waals surface area contributed by atoms with Crippen molar-refractivity contribution < 1.29 is 19.0 Å². The third-order valence-corrected chi connectivity index (χ3v) is 3.10. The molecule has 0 saturated carbocycles. The lowest BCUT2D eigenvalue weighted by Crippen LogP contribution is -2.05. The van der Waals surface area contributed by atoms with Gasteiger partial charge in [0.15, 0.2) is 0 Å². The first-order valence-electron chi connectivity index (χ1n) is 6.41. The molecule has 0 aliphatic rings. The SMILES string of the molecule is COc1ccc(C)cc1NCc1ccc(C(=O)O)c(F)c1. The van der Waals surface area contributed by atoms with Gasteiger partial charge in [0.1, 0.15) is 11.6 Å². The van der Waals surface area contributed by atoms with Gasteiger partial charge in [-0.1, -0.05) is 12.1 Å². The number of methoxy groups -OCH3 is 1. The predicted molar refractivity (Wildman–Crippen MR) is 78.4 cm³/mol. The highest BCUT2D eigenvalue weighted by Gasteiger charge is 2.10. The van der Waals surface area contributed by atoms with Gasteiger partial charge in [0, 0.05) is 6.54 Å². The molecule has 0 amide bonds. The van der Waals surface area contributed by atoms with Crippen LogP contribution >= 0.6 is 0 Å². The molecule has 110 valence electrons. The minimum atomic E-state index is -1.27. The molecule has 0 radical (unpaired) electrons. The fraction of sp³-hybridized carbons (Fsp3) is 0.188. The summed E-state index contributed by atoms with van der Waals surface area (Å²) in [5.74, 6) is -1.31. The Hall–Kier alpha value is -2.56. The monoisotopic (exact) mass is 289 g/mol. The van der Waals surface area contributed by atoms with Crippen molar-refractivity contribution in [3.8, 4) is 5.75 Å². The van der Waals surface area contributed by atoms with Crippen LogP contribution in [0, 0.1) is 12.7 Å². The van der Waals surface area contributed by atoms with Gasteiger partial charge in [-0.15, -0.1) is 0 Å². The van der Waals surface area contributed by atoms with Crippen molar-refractivity contribution in [2.45, 2.75) is 13.5 Å². The standard InChI is InChI=1S/C16H16FNO3/c1-10-3-6-15(21-2)14(7-10)18-9-11-4-5-12(16(19)20)13(17)8-11/h3-8,18H,9H2,1-2H3,(H,19,20). The second-order valence-corrected chi connectivity index (χ2v) is 4.68. The number of ether oxygens (including phenoxy) is 1. The normalized spacial score (nSPS) is 10.2. The molecule has 0 aromatic heterocycles. The van der Waals surface area contributed by atoms with Crippen molar-refractivity contribution in [1.82, 2.24) is 0 Å². The molecule has 0 bridgehead atoms. The number of aromatic carboxylic acids is 1. The average molecular weight is 289 g/mol. The van der Waals surface area contributed by atoms with E-state index in [-0.39, 0.29) is 5.56 Å². The van der Waals surface area contributed by atoms with Crippen LogP contribution in [-0.2, 0) is 6.54 Å². The third kappa shape index (κ3) is 3.51. The number of carboxylic acids is 1. The van der Waals surface area contributed by atoms with Crippen molar-refractivity contribution in [3.63, 3.8) is 0 Å². The molecular formula is C16H16FNO3. The van der Waals surface area contributed by atoms with Crippen molar-refractivity contribution in [2.75, 3.05) is 12.4 Å². The minimum Gasteiger partial charge on any atom is -0.495 e. The van der Waals surface area contributed by atoms with Gasteiger partial charge in [-0.2, -0.15) is 0 Å². The van der Waals surface area contributed by atoms with Crippen LogP contribution in [-0.4, -0.2) is 18.2 Å². The summed E-state index contributed by atoms with van der Waals surface area (Å²) in [5.41, 5.74) is 2.21. The second kappa shape index (κ2) is 6.26. The smallest absolute Gasteiger partial charge is 0.338 e. The van der Waals surface area contributed by atoms with Crippen LogP contribution in [0.2, 0.25) is 0 Å². The maximum Gasteiger partial charge on any atom is 0.338 e. The van der Waals surface area contributed by atoms with Crippen LogP contribution in [0.15, 0.2) is 36.4 Å². The summed E-state index contributed by atoms with van der Waals surface area (Å²) in [6, 6.07) is 9.79. The third-order valence-electron chi connectivity index (χ3n) is 3.10. The van der Waals surface area contributed by atoms with Crippen LogP contribution < -0.4 is 10.1 Å². The topological polar surface area (TPSA) is 58.6 Å². The summed E-state index contributed by atoms with van der Waals surface area (Å²) in [7, 11) is 1.58. The van der Waals surface area contributed by atoms with Crippen molar-refractivity contribution in [2.24, 2.45) is 0 Å². The molecular weight excluding hydrogens is 273 g/mol. The highest BCUT2D eigenvalue weighted by atomic mass is 19.1. The Morgan fingerprint density at radius 2 is 2.05 bits per heavy atom. The lowest BCUT2D eigenvalue weighted by molar-refractivity contribution is 0.0692. The van der Waals surface area contributed by atoms with E-state index in [0.29, 0.717) is 17.9 Å². The van der Waals surface area contributed by atoms with Gasteiger partial charge in [0.2, 0.25) is 0 Å². The van der Waals surface area contributed by atoms with Crippen LogP contribution in [0.3, 0.4) is 0 Å². The summed E-state index contributed by atoms with van der Waals surface area (Å²) in [6.07, 6.45) is 0. The van der Waals surface area contributed by atoms with Crippen molar-refractivity contribution in [1.29, 1.82) is 0 Å². The van der Waals surface area contributed by atoms with Gasteiger partial charge in [-0.05, 0) is 42.3 Å². The van der Waals surface area contributed by atoms with E-state index in [1.165, 1.54) is 12.1 Å². The first-order chi connectivity index (χ1) is 10.0. The zero-order chi connectivity index (χ0) is 15.4. The number of nitrogens with one attached hydrogen (secondary N) is 1. The molecule has 2 aromatic carbocycles. The molecule has 5 heteroatoms. The molecule has 0 fully saturated rings. The Kier molecular flexibility index (Phi) is 4.42. The number of halogens is 1. The van der Waals surface area contributed by atoms with E-state index in [1.54, 1.807) is 13.2 Å². The Labute approximate surface area is 122 Å². The summed E-state index contributed by atoms with van der Waals surface area (Å²) in [6.45, 7) is 2.34. The van der Waals surface area contributed by atoms with Crippen molar-refractivity contribution >= 4 is 11.7 Å². The van der Waals surface area contributed by atoms with Crippen LogP contribution in [0.5, 0.6) is 5.75 Å². The fourth-order valence-electron chi connectivity index (χ4n) is 2.00. The van der Waals surface area contributed by atoms with Gasteiger partial charge < -0.3 is 15.2 Å². The van der Waals surface area contributed by atoms with Gasteiger partial charge in [-0.25, -0.2) is 9.18 Å². The zero-order valence-corrected chi connectivity index (χ0v) is 11.8. The molecule has 0 aliphatic carbocycles. The maximum atomic E-state index is 13.6. The van der Waals surface area contributed by atoms with E-state index in [4.69, 9.17) is 9.84 Å². The van der Waals surface area contributed by atoms with Crippen molar-refractivity contribution in [3.05, 3.63) is 58.9 Å². The Bertz CT molecular complexity index is 671. The molecule has 4 nitrogen and oxygen atoms in total. The quantitative estimate of drug-likeness (QED) is 0.885. The highest BCUT2D eigenvalue weighted by molar-refractivity contribution is 5.87. The van der Waals surface area contributed by atoms with Gasteiger partial charge in [0.25, 0.3) is 0 Å². The van der Waals surface area contributed by atoms with Crippen LogP contribution in [0.4, 0.5) is 10.1 Å². The van der Waals surface area contributed by atoms with E-state index in [0.717, 1.165) is 11.3 Å². The largest absolute Gasteiger partial charge is 0.495 e. The second-order valence-electron chi connectivity index (χ2n) is 4.68. The van der Waals surface area contributed by atoms with Crippen LogP contribution in [0.25, 0.3) is 0 Å². The van der Waals surface area contributed by atoms with E-state index < -0.39 is 11.8 Å². The number of rotatable bonds is 5. The Balaban J connectivity index is 2.15. The summed E-state index contributed by atoms with van der Waals surface area (Å²) < 4.78 is 18.9. The zero-order valence-electron chi connectivity index (χ0n) is 11.8. The number of hydrogen-bond acceptors (Lipinski definition) is 3. The van der Waals surface area contributed by atoms with Gasteiger partial charge in [0.05, 0.1) is 18.4 Å².